The van der Waals surface area contributed by atoms with Gasteiger partial charge in [-0.2, -0.15) is 0 Å². The van der Waals surface area contributed by atoms with Gasteiger partial charge in [0.2, 0.25) is 5.91 Å². The van der Waals surface area contributed by atoms with Crippen molar-refractivity contribution in [3.05, 3.63) is 0 Å². The van der Waals surface area contributed by atoms with Gasteiger partial charge in [0.1, 0.15) is 13.4 Å². The molecule has 0 saturated carbocycles. The van der Waals surface area contributed by atoms with E-state index in [1.807, 2.05) is 0 Å². The lowest BCUT2D eigenvalue weighted by atomic mass is 10.2. The van der Waals surface area contributed by atoms with Gasteiger partial charge in [0.05, 0.1) is 12.6 Å². The first-order valence-corrected chi connectivity index (χ1v) is 4.74. The van der Waals surface area contributed by atoms with Crippen LogP contribution in [0.3, 0.4) is 0 Å². The Balaban J connectivity index is 2.23. The van der Waals surface area contributed by atoms with Gasteiger partial charge in [-0.15, -0.1) is 0 Å². The van der Waals surface area contributed by atoms with Gasteiger partial charge < -0.3 is 14.4 Å². The van der Waals surface area contributed by atoms with Crippen LogP contribution in [0.25, 0.3) is 0 Å². The van der Waals surface area contributed by atoms with Gasteiger partial charge in [-0.25, -0.2) is 5.11 Å². The second-order valence-corrected chi connectivity index (χ2v) is 3.26. The predicted octanol–water partition coefficient (Wildman–Crippen LogP) is 0.0284. The van der Waals surface area contributed by atoms with Gasteiger partial charge in [-0.1, -0.05) is 0 Å². The van der Waals surface area contributed by atoms with E-state index in [0.29, 0.717) is 26.0 Å². The van der Waals surface area contributed by atoms with Crippen LogP contribution in [-0.2, 0) is 19.4 Å². The average Bonchev–Trinajstić information content (AvgIpc) is 2.55. The van der Waals surface area contributed by atoms with Crippen LogP contribution < -0.4 is 0 Å². The highest BCUT2D eigenvalue weighted by Crippen LogP contribution is 2.17. The Hall–Kier alpha value is -0.650. The number of hydrogen-bond donors (Lipinski definition) is 0. The predicted molar refractivity (Wildman–Crippen MR) is 48.1 cm³/mol. The Morgan fingerprint density at radius 3 is 3.00 bits per heavy atom. The summed E-state index contributed by atoms with van der Waals surface area (Å²) in [5, 5.41) is 10.7. The van der Waals surface area contributed by atoms with Crippen molar-refractivity contribution in [3.63, 3.8) is 0 Å². The minimum Gasteiger partial charge on any atom is -0.359 e. The number of amides is 1. The van der Waals surface area contributed by atoms with Crippen molar-refractivity contribution >= 4 is 5.91 Å². The normalized spacial score (nSPS) is 22.0. The molecule has 1 radical (unpaired) electrons. The second-order valence-electron chi connectivity index (χ2n) is 3.26. The maximum atomic E-state index is 11.3. The van der Waals surface area contributed by atoms with Crippen molar-refractivity contribution in [2.45, 2.75) is 18.9 Å². The Morgan fingerprint density at radius 1 is 1.57 bits per heavy atom. The van der Waals surface area contributed by atoms with E-state index >= 15 is 0 Å². The zero-order valence-corrected chi connectivity index (χ0v) is 8.40. The number of methoxy groups -OCH3 is 1. The Labute approximate surface area is 83.6 Å². The van der Waals surface area contributed by atoms with Crippen molar-refractivity contribution in [2.75, 3.05) is 33.7 Å². The van der Waals surface area contributed by atoms with E-state index in [9.17, 15) is 9.90 Å². The molecule has 1 atom stereocenters. The maximum absolute atomic E-state index is 11.3. The molecule has 1 aliphatic rings. The van der Waals surface area contributed by atoms with E-state index in [1.165, 1.54) is 0 Å². The van der Waals surface area contributed by atoms with Crippen molar-refractivity contribution < 1.29 is 19.4 Å². The van der Waals surface area contributed by atoms with Crippen LogP contribution in [0.4, 0.5) is 0 Å². The summed E-state index contributed by atoms with van der Waals surface area (Å²) in [7, 11) is 1.54. The lowest BCUT2D eigenvalue weighted by Gasteiger charge is -2.22. The molecule has 0 aliphatic carbocycles. The van der Waals surface area contributed by atoms with Crippen molar-refractivity contribution in [3.8, 4) is 0 Å². The summed E-state index contributed by atoms with van der Waals surface area (Å²) in [6.07, 6.45) is 1.18. The minimum atomic E-state index is -0.212. The number of nitrogens with zero attached hydrogens (tertiary/aromatic N) is 1. The maximum Gasteiger partial charge on any atom is 0.223 e. The first-order chi connectivity index (χ1) is 6.79. The lowest BCUT2D eigenvalue weighted by molar-refractivity contribution is -0.131. The zero-order chi connectivity index (χ0) is 10.4. The molecular weight excluding hydrogens is 186 g/mol. The first-order valence-electron chi connectivity index (χ1n) is 4.74. The Morgan fingerprint density at radius 2 is 2.36 bits per heavy atom. The summed E-state index contributed by atoms with van der Waals surface area (Å²) in [4.78, 5) is 12.9. The fraction of sp³-hybridized carbons (Fsp3) is 0.889. The molecule has 0 spiro atoms. The van der Waals surface area contributed by atoms with Crippen LogP contribution in [0.1, 0.15) is 12.8 Å². The van der Waals surface area contributed by atoms with Crippen LogP contribution >= 0.6 is 0 Å². The van der Waals surface area contributed by atoms with E-state index in [1.54, 1.807) is 12.0 Å². The number of rotatable bonds is 6. The van der Waals surface area contributed by atoms with Crippen LogP contribution in [-0.4, -0.2) is 50.5 Å². The Kier molecular flexibility index (Phi) is 4.86. The van der Waals surface area contributed by atoms with Crippen molar-refractivity contribution in [1.29, 1.82) is 0 Å². The molecule has 1 unspecified atom stereocenters. The number of ether oxygens (including phenoxy) is 2. The van der Waals surface area contributed by atoms with E-state index < -0.39 is 0 Å². The first kappa shape index (κ1) is 11.4. The van der Waals surface area contributed by atoms with Crippen molar-refractivity contribution in [2.24, 2.45) is 0 Å². The highest BCUT2D eigenvalue weighted by molar-refractivity contribution is 5.78. The zero-order valence-electron chi connectivity index (χ0n) is 8.40. The van der Waals surface area contributed by atoms with Gasteiger partial charge >= 0.3 is 0 Å². The molecule has 0 aromatic heterocycles. The molecule has 1 fully saturated rings. The van der Waals surface area contributed by atoms with Crippen LogP contribution in [0.15, 0.2) is 0 Å². The second kappa shape index (κ2) is 5.95. The van der Waals surface area contributed by atoms with Gasteiger partial charge in [0.25, 0.3) is 0 Å². The van der Waals surface area contributed by atoms with Crippen molar-refractivity contribution in [1.82, 2.24) is 4.90 Å². The number of hydrogen-bond acceptors (Lipinski definition) is 3. The summed E-state index contributed by atoms with van der Waals surface area (Å²) < 4.78 is 9.77. The number of likely N-dealkylation sites (tertiary alicyclic amines) is 1. The Bertz CT molecular complexity index is 186. The lowest BCUT2D eigenvalue weighted by Crippen LogP contribution is -2.37. The summed E-state index contributed by atoms with van der Waals surface area (Å²) in [5.41, 5.74) is 0. The molecule has 1 aliphatic heterocycles. The monoisotopic (exact) mass is 202 g/mol. The standard InChI is InChI=1S/C9H16NO4/c1-13-7-14-5-4-10-8(6-11)2-3-9(10)12/h8H,2-7H2,1H3. The SMILES string of the molecule is COCOCCN1C(=O)CCC1C[O]. The largest absolute Gasteiger partial charge is 0.359 e. The van der Waals surface area contributed by atoms with Gasteiger partial charge in [-0.3, -0.25) is 4.79 Å². The fourth-order valence-corrected chi connectivity index (χ4v) is 1.58. The van der Waals surface area contributed by atoms with Gasteiger partial charge in [0, 0.05) is 20.1 Å². The molecule has 1 heterocycles. The third-order valence-corrected chi connectivity index (χ3v) is 2.32. The highest BCUT2D eigenvalue weighted by atomic mass is 16.7. The molecule has 5 heteroatoms. The van der Waals surface area contributed by atoms with E-state index in [-0.39, 0.29) is 25.3 Å². The van der Waals surface area contributed by atoms with Crippen LogP contribution in [0, 0.1) is 0 Å². The van der Waals surface area contributed by atoms with Crippen LogP contribution in [0.5, 0.6) is 0 Å². The molecule has 1 amide bonds. The smallest absolute Gasteiger partial charge is 0.223 e. The summed E-state index contributed by atoms with van der Waals surface area (Å²) in [5.74, 6) is 0.0619. The molecule has 1 rings (SSSR count). The summed E-state index contributed by atoms with van der Waals surface area (Å²) >= 11 is 0. The molecule has 0 bridgehead atoms. The molecule has 14 heavy (non-hydrogen) atoms. The fourth-order valence-electron chi connectivity index (χ4n) is 1.58. The minimum absolute atomic E-state index is 0.0619. The van der Waals surface area contributed by atoms with E-state index in [4.69, 9.17) is 9.47 Å². The highest BCUT2D eigenvalue weighted by Gasteiger charge is 2.30. The van der Waals surface area contributed by atoms with Crippen LogP contribution in [0.2, 0.25) is 0 Å². The molecular formula is C9H16NO4. The third-order valence-electron chi connectivity index (χ3n) is 2.32. The van der Waals surface area contributed by atoms with Gasteiger partial charge in [-0.05, 0) is 6.42 Å². The summed E-state index contributed by atoms with van der Waals surface area (Å²) in [6, 6.07) is -0.131. The van der Waals surface area contributed by atoms with E-state index in [0.717, 1.165) is 0 Å². The molecule has 81 valence electrons. The molecule has 0 N–H and O–H groups in total. The topological polar surface area (TPSA) is 58.7 Å². The molecule has 1 saturated heterocycles. The number of carbonyl (C=O) groups is 1. The number of carbonyl (C=O) groups excluding carboxylic acids is 1. The van der Waals surface area contributed by atoms with E-state index in [2.05, 4.69) is 0 Å². The average molecular weight is 202 g/mol. The van der Waals surface area contributed by atoms with Gasteiger partial charge in [0.15, 0.2) is 0 Å². The molecule has 5 nitrogen and oxygen atoms in total. The summed E-state index contributed by atoms with van der Waals surface area (Å²) in [6.45, 7) is 0.936. The molecule has 0 aromatic carbocycles. The third kappa shape index (κ3) is 2.94. The quantitative estimate of drug-likeness (QED) is 0.451. The molecule has 0 aromatic rings.